The fourth-order valence-corrected chi connectivity index (χ4v) is 7.51. The second-order valence-electron chi connectivity index (χ2n) is 18.9. The van der Waals surface area contributed by atoms with Crippen molar-refractivity contribution in [2.45, 2.75) is 259 Å². The first-order valence-corrected chi connectivity index (χ1v) is 24.0. The van der Waals surface area contributed by atoms with Crippen LogP contribution >= 0.6 is 0 Å². The van der Waals surface area contributed by atoms with Crippen LogP contribution in [-0.4, -0.2) is 31.8 Å². The summed E-state index contributed by atoms with van der Waals surface area (Å²) < 4.78 is 17.6. The lowest BCUT2D eigenvalue weighted by molar-refractivity contribution is -0.144. The van der Waals surface area contributed by atoms with Crippen molar-refractivity contribution in [3.05, 3.63) is 28.8 Å². The smallest absolute Gasteiger partial charge is 0.306 e. The highest BCUT2D eigenvalue weighted by Gasteiger charge is 2.28. The molecule has 0 atom stereocenters. The maximum Gasteiger partial charge on any atom is 0.306 e. The third-order valence-electron chi connectivity index (χ3n) is 11.1. The van der Waals surface area contributed by atoms with Crippen LogP contribution in [0.15, 0.2) is 12.1 Å². The zero-order valence-corrected chi connectivity index (χ0v) is 38.5. The maximum absolute atomic E-state index is 12.7. The van der Waals surface area contributed by atoms with Gasteiger partial charge in [-0.3, -0.25) is 9.59 Å². The molecular weight excluding hydrogens is 693 g/mol. The van der Waals surface area contributed by atoms with Gasteiger partial charge in [-0.1, -0.05) is 215 Å². The largest absolute Gasteiger partial charge is 0.493 e. The number of carbonyl (C=O) groups is 2. The average Bonchev–Trinajstić information content (AvgIpc) is 3.14. The van der Waals surface area contributed by atoms with Crippen LogP contribution < -0.4 is 4.74 Å². The summed E-state index contributed by atoms with van der Waals surface area (Å²) in [6.07, 6.45) is 36.0. The van der Waals surface area contributed by atoms with Crippen molar-refractivity contribution in [3.63, 3.8) is 0 Å². The fraction of sp³-hybridized carbons (Fsp3) is 0.843. The van der Waals surface area contributed by atoms with E-state index in [4.69, 9.17) is 14.2 Å². The van der Waals surface area contributed by atoms with Crippen LogP contribution in [0.25, 0.3) is 0 Å². The Labute approximate surface area is 348 Å². The van der Waals surface area contributed by atoms with Crippen LogP contribution in [0.2, 0.25) is 0 Å². The predicted octanol–water partition coefficient (Wildman–Crippen LogP) is 15.6. The molecule has 0 aliphatic carbocycles. The summed E-state index contributed by atoms with van der Waals surface area (Å²) in [6.45, 7) is 19.7. The summed E-state index contributed by atoms with van der Waals surface area (Å²) in [4.78, 5) is 24.2. The van der Waals surface area contributed by atoms with Crippen LogP contribution in [0.5, 0.6) is 5.75 Å². The molecule has 0 fully saturated rings. The van der Waals surface area contributed by atoms with Gasteiger partial charge in [0, 0.05) is 24.0 Å². The minimum Gasteiger partial charge on any atom is -0.493 e. The Hall–Kier alpha value is -2.04. The van der Waals surface area contributed by atoms with Gasteiger partial charge >= 0.3 is 11.9 Å². The minimum absolute atomic E-state index is 0.0545. The molecule has 5 heteroatoms. The SMILES string of the molecule is CCCCCCCCCCCCCCCCCCOC(=O)CCc1cc(C(C)(C)C)c(OCCCCCCCCCCCCOC(=O)CCC)c(C(C)(C)C)c1. The summed E-state index contributed by atoms with van der Waals surface area (Å²) in [6, 6.07) is 4.57. The van der Waals surface area contributed by atoms with Crippen molar-refractivity contribution in [1.29, 1.82) is 0 Å². The molecule has 0 spiro atoms. The monoisotopic (exact) mass is 785 g/mol. The summed E-state index contributed by atoms with van der Waals surface area (Å²) in [5, 5.41) is 0. The van der Waals surface area contributed by atoms with E-state index < -0.39 is 0 Å². The summed E-state index contributed by atoms with van der Waals surface area (Å²) in [5.74, 6) is 0.907. The van der Waals surface area contributed by atoms with E-state index in [1.165, 1.54) is 152 Å². The van der Waals surface area contributed by atoms with E-state index in [9.17, 15) is 9.59 Å². The van der Waals surface area contributed by atoms with Gasteiger partial charge in [0.15, 0.2) is 0 Å². The molecule has 326 valence electrons. The van der Waals surface area contributed by atoms with Crippen molar-refractivity contribution in [2.24, 2.45) is 0 Å². The van der Waals surface area contributed by atoms with Crippen LogP contribution in [0.1, 0.15) is 258 Å². The lowest BCUT2D eigenvalue weighted by atomic mass is 9.78. The molecule has 0 N–H and O–H groups in total. The van der Waals surface area contributed by atoms with Crippen molar-refractivity contribution in [2.75, 3.05) is 19.8 Å². The molecule has 0 aliphatic rings. The Morgan fingerprint density at radius 2 is 0.750 bits per heavy atom. The number of carbonyl (C=O) groups excluding carboxylic acids is 2. The molecular formula is C51H92O5. The van der Waals surface area contributed by atoms with E-state index in [-0.39, 0.29) is 22.8 Å². The average molecular weight is 785 g/mol. The Morgan fingerprint density at radius 3 is 1.09 bits per heavy atom. The zero-order chi connectivity index (χ0) is 41.3. The molecule has 1 rings (SSSR count). The summed E-state index contributed by atoms with van der Waals surface area (Å²) in [5.41, 5.74) is 3.53. The molecule has 0 bridgehead atoms. The van der Waals surface area contributed by atoms with Crippen LogP contribution in [0.4, 0.5) is 0 Å². The third-order valence-corrected chi connectivity index (χ3v) is 11.1. The van der Waals surface area contributed by atoms with Crippen molar-refractivity contribution in [1.82, 2.24) is 0 Å². The highest BCUT2D eigenvalue weighted by atomic mass is 16.5. The minimum atomic E-state index is -0.0806. The van der Waals surface area contributed by atoms with Crippen molar-refractivity contribution < 1.29 is 23.8 Å². The second-order valence-corrected chi connectivity index (χ2v) is 18.9. The molecule has 1 aromatic rings. The van der Waals surface area contributed by atoms with Crippen LogP contribution in [-0.2, 0) is 36.3 Å². The Bertz CT molecular complexity index is 1080. The summed E-state index contributed by atoms with van der Waals surface area (Å²) >= 11 is 0. The fourth-order valence-electron chi connectivity index (χ4n) is 7.51. The Morgan fingerprint density at radius 1 is 0.429 bits per heavy atom. The molecule has 5 nitrogen and oxygen atoms in total. The zero-order valence-electron chi connectivity index (χ0n) is 38.5. The summed E-state index contributed by atoms with van der Waals surface area (Å²) in [7, 11) is 0. The first-order valence-electron chi connectivity index (χ1n) is 24.0. The highest BCUT2D eigenvalue weighted by Crippen LogP contribution is 2.41. The van der Waals surface area contributed by atoms with Gasteiger partial charge in [0.2, 0.25) is 0 Å². The number of rotatable bonds is 36. The molecule has 0 radical (unpaired) electrons. The van der Waals surface area contributed by atoms with Crippen molar-refractivity contribution in [3.8, 4) is 5.75 Å². The van der Waals surface area contributed by atoms with E-state index >= 15 is 0 Å². The quantitative estimate of drug-likeness (QED) is 0.0501. The number of unbranched alkanes of at least 4 members (excludes halogenated alkanes) is 24. The van der Waals surface area contributed by atoms with Gasteiger partial charge in [-0.15, -0.1) is 0 Å². The molecule has 0 saturated carbocycles. The van der Waals surface area contributed by atoms with Gasteiger partial charge in [0.1, 0.15) is 5.75 Å². The molecule has 0 aromatic heterocycles. The molecule has 0 heterocycles. The lowest BCUT2D eigenvalue weighted by Crippen LogP contribution is -2.21. The van der Waals surface area contributed by atoms with Gasteiger partial charge in [-0.2, -0.15) is 0 Å². The number of aryl methyl sites for hydroxylation is 1. The van der Waals surface area contributed by atoms with Gasteiger partial charge < -0.3 is 14.2 Å². The van der Waals surface area contributed by atoms with Gasteiger partial charge in [0.25, 0.3) is 0 Å². The topological polar surface area (TPSA) is 61.8 Å². The first kappa shape index (κ1) is 52.0. The van der Waals surface area contributed by atoms with E-state index in [0.717, 1.165) is 50.9 Å². The number of hydrogen-bond donors (Lipinski definition) is 0. The highest BCUT2D eigenvalue weighted by molar-refractivity contribution is 5.70. The van der Waals surface area contributed by atoms with E-state index in [1.54, 1.807) is 0 Å². The standard InChI is InChI=1S/C51H92O5/c1-9-11-12-13-14-15-16-17-18-19-20-21-24-28-31-34-40-55-48(53)38-37-44-42-45(50(3,4)5)49(46(43-44)51(6,7)8)56-41-35-32-29-26-23-22-25-27-30-33-39-54-47(52)36-10-2/h42-43H,9-41H2,1-8H3. The predicted molar refractivity (Wildman–Crippen MR) is 240 cm³/mol. The molecule has 0 aliphatic heterocycles. The van der Waals surface area contributed by atoms with Gasteiger partial charge in [0.05, 0.1) is 19.8 Å². The molecule has 1 aromatic carbocycles. The third kappa shape index (κ3) is 27.6. The number of hydrogen-bond acceptors (Lipinski definition) is 5. The lowest BCUT2D eigenvalue weighted by Gasteiger charge is -2.31. The second kappa shape index (κ2) is 32.9. The van der Waals surface area contributed by atoms with Gasteiger partial charge in [-0.25, -0.2) is 0 Å². The van der Waals surface area contributed by atoms with E-state index in [0.29, 0.717) is 32.5 Å². The molecule has 56 heavy (non-hydrogen) atoms. The van der Waals surface area contributed by atoms with Crippen LogP contribution in [0.3, 0.4) is 0 Å². The molecule has 0 unspecified atom stereocenters. The van der Waals surface area contributed by atoms with E-state index in [2.05, 4.69) is 60.6 Å². The van der Waals surface area contributed by atoms with Gasteiger partial charge in [-0.05, 0) is 48.5 Å². The van der Waals surface area contributed by atoms with E-state index in [1.807, 2.05) is 6.92 Å². The molecule has 0 amide bonds. The molecule has 0 saturated heterocycles. The number of benzene rings is 1. The number of esters is 2. The Kier molecular flexibility index (Phi) is 30.5. The van der Waals surface area contributed by atoms with Crippen molar-refractivity contribution >= 4 is 11.9 Å². The maximum atomic E-state index is 12.7. The first-order chi connectivity index (χ1) is 26.9. The normalized spacial score (nSPS) is 11.9. The Balaban J connectivity index is 2.32. The number of ether oxygens (including phenoxy) is 3. The van der Waals surface area contributed by atoms with Crippen LogP contribution in [0, 0.1) is 0 Å².